The molecule has 0 aliphatic heterocycles. The van der Waals surface area contributed by atoms with Gasteiger partial charge in [0, 0.05) is 30.2 Å². The Kier molecular flexibility index (Phi) is 7.21. The lowest BCUT2D eigenvalue weighted by atomic mass is 10.1. The number of aromatic nitrogens is 3. The maximum Gasteiger partial charge on any atom is 0.349 e. The third-order valence-corrected chi connectivity index (χ3v) is 6.52. The van der Waals surface area contributed by atoms with E-state index in [0.29, 0.717) is 18.1 Å². The van der Waals surface area contributed by atoms with Gasteiger partial charge in [-0.15, -0.1) is 0 Å². The Labute approximate surface area is 191 Å². The number of nitrogens with one attached hydrogen (secondary N) is 1. The Morgan fingerprint density at radius 1 is 1.19 bits per heavy atom. The number of hydrogen-bond acceptors (Lipinski definition) is 6. The van der Waals surface area contributed by atoms with Gasteiger partial charge in [-0.25, -0.2) is 4.79 Å². The van der Waals surface area contributed by atoms with Gasteiger partial charge in [0.25, 0.3) is 0 Å². The monoisotopic (exact) mass is 450 g/mol. The molecule has 2 aromatic heterocycles. The molecule has 0 fully saturated rings. The van der Waals surface area contributed by atoms with Gasteiger partial charge < -0.3 is 10.1 Å². The summed E-state index contributed by atoms with van der Waals surface area (Å²) < 4.78 is 6.91. The smallest absolute Gasteiger partial charge is 0.349 e. The summed E-state index contributed by atoms with van der Waals surface area (Å²) >= 11 is 1.35. The second-order valence-corrected chi connectivity index (χ2v) is 8.63. The van der Waals surface area contributed by atoms with Crippen LogP contribution in [0.15, 0.2) is 58.6 Å². The molecular formula is C24H26N4O3S. The van der Waals surface area contributed by atoms with Crippen molar-refractivity contribution in [3.05, 3.63) is 81.7 Å². The van der Waals surface area contributed by atoms with E-state index in [-0.39, 0.29) is 17.3 Å². The van der Waals surface area contributed by atoms with Crippen LogP contribution in [0.25, 0.3) is 0 Å². The Morgan fingerprint density at radius 2 is 2.03 bits per heavy atom. The Morgan fingerprint density at radius 3 is 2.78 bits per heavy atom. The van der Waals surface area contributed by atoms with Crippen LogP contribution in [-0.4, -0.2) is 39.8 Å². The molecule has 7 nitrogen and oxygen atoms in total. The van der Waals surface area contributed by atoms with Crippen LogP contribution in [0.5, 0.6) is 5.75 Å². The number of methoxy groups -OCH3 is 1. The van der Waals surface area contributed by atoms with E-state index in [2.05, 4.69) is 15.3 Å². The summed E-state index contributed by atoms with van der Waals surface area (Å²) in [6.07, 6.45) is 6.98. The molecular weight excluding hydrogens is 424 g/mol. The number of benzene rings is 1. The minimum Gasteiger partial charge on any atom is -0.497 e. The van der Waals surface area contributed by atoms with Gasteiger partial charge in [-0.05, 0) is 55.0 Å². The van der Waals surface area contributed by atoms with Crippen molar-refractivity contribution in [2.45, 2.75) is 37.3 Å². The van der Waals surface area contributed by atoms with Crippen LogP contribution in [0.3, 0.4) is 0 Å². The fourth-order valence-electron chi connectivity index (χ4n) is 3.87. The van der Waals surface area contributed by atoms with Crippen LogP contribution in [0.2, 0.25) is 0 Å². The average Bonchev–Trinajstić information content (AvgIpc) is 3.31. The van der Waals surface area contributed by atoms with Crippen molar-refractivity contribution < 1.29 is 9.53 Å². The molecule has 1 aliphatic rings. The molecule has 1 aliphatic carbocycles. The van der Waals surface area contributed by atoms with E-state index in [9.17, 15) is 9.59 Å². The van der Waals surface area contributed by atoms with Gasteiger partial charge in [-0.1, -0.05) is 30.0 Å². The van der Waals surface area contributed by atoms with E-state index in [1.165, 1.54) is 11.8 Å². The second-order valence-electron chi connectivity index (χ2n) is 7.66. The molecule has 0 spiro atoms. The van der Waals surface area contributed by atoms with Crippen LogP contribution >= 0.6 is 11.8 Å². The number of nitrogens with zero attached hydrogens (tertiary/aromatic N) is 3. The predicted octanol–water partition coefficient (Wildman–Crippen LogP) is 2.63. The molecule has 2 heterocycles. The number of pyridine rings is 1. The Balaban J connectivity index is 1.35. The molecule has 166 valence electrons. The number of hydrogen-bond donors (Lipinski definition) is 1. The highest BCUT2D eigenvalue weighted by atomic mass is 32.2. The molecule has 32 heavy (non-hydrogen) atoms. The molecule has 1 N–H and O–H groups in total. The highest BCUT2D eigenvalue weighted by Gasteiger charge is 2.22. The number of carbonyl (C=O) groups excluding carboxylic acids is 1. The zero-order chi connectivity index (χ0) is 22.3. The first-order chi connectivity index (χ1) is 15.6. The zero-order valence-electron chi connectivity index (χ0n) is 18.0. The van der Waals surface area contributed by atoms with Gasteiger partial charge in [0.2, 0.25) is 5.91 Å². The van der Waals surface area contributed by atoms with Gasteiger partial charge in [0.15, 0.2) is 0 Å². The third kappa shape index (κ3) is 5.37. The number of fused-ring (bicyclic) bond motifs is 1. The Hall–Kier alpha value is -3.13. The number of carbonyl (C=O) groups is 1. The molecule has 4 rings (SSSR count). The predicted molar refractivity (Wildman–Crippen MR) is 124 cm³/mol. The van der Waals surface area contributed by atoms with Crippen LogP contribution < -0.4 is 15.7 Å². The van der Waals surface area contributed by atoms with Crippen LogP contribution in [0.1, 0.15) is 28.8 Å². The van der Waals surface area contributed by atoms with Gasteiger partial charge in [-0.2, -0.15) is 4.98 Å². The molecule has 3 aromatic rings. The molecule has 0 saturated heterocycles. The van der Waals surface area contributed by atoms with Crippen molar-refractivity contribution in [2.75, 3.05) is 19.4 Å². The summed E-state index contributed by atoms with van der Waals surface area (Å²) in [5.41, 5.74) is 3.98. The van der Waals surface area contributed by atoms with E-state index < -0.39 is 0 Å². The summed E-state index contributed by atoms with van der Waals surface area (Å²) in [4.78, 5) is 33.5. The highest BCUT2D eigenvalue weighted by molar-refractivity contribution is 7.99. The van der Waals surface area contributed by atoms with Gasteiger partial charge in [-0.3, -0.25) is 14.3 Å². The minimum absolute atomic E-state index is 0.0587. The Bertz CT molecular complexity index is 1130. The minimum atomic E-state index is -0.267. The van der Waals surface area contributed by atoms with Gasteiger partial charge >= 0.3 is 5.69 Å². The number of amides is 1. The largest absolute Gasteiger partial charge is 0.497 e. The maximum atomic E-state index is 12.7. The topological polar surface area (TPSA) is 86.1 Å². The molecule has 8 heteroatoms. The lowest BCUT2D eigenvalue weighted by Gasteiger charge is -2.14. The quantitative estimate of drug-likeness (QED) is 0.398. The second kappa shape index (κ2) is 10.5. The maximum absolute atomic E-state index is 12.7. The molecule has 0 atom stereocenters. The first-order valence-corrected chi connectivity index (χ1v) is 11.7. The lowest BCUT2D eigenvalue weighted by Crippen LogP contribution is -2.29. The van der Waals surface area contributed by atoms with E-state index in [1.54, 1.807) is 24.1 Å². The number of rotatable bonds is 9. The summed E-state index contributed by atoms with van der Waals surface area (Å²) in [6, 6.07) is 11.6. The van der Waals surface area contributed by atoms with Crippen LogP contribution in [0.4, 0.5) is 0 Å². The van der Waals surface area contributed by atoms with Crippen molar-refractivity contribution >= 4 is 17.7 Å². The lowest BCUT2D eigenvalue weighted by molar-refractivity contribution is -0.118. The molecule has 0 saturated carbocycles. The molecule has 1 aromatic carbocycles. The van der Waals surface area contributed by atoms with E-state index >= 15 is 0 Å². The molecule has 0 bridgehead atoms. The molecule has 0 radical (unpaired) electrons. The fourth-order valence-corrected chi connectivity index (χ4v) is 4.77. The third-order valence-electron chi connectivity index (χ3n) is 5.50. The van der Waals surface area contributed by atoms with Crippen molar-refractivity contribution in [1.82, 2.24) is 19.9 Å². The standard InChI is InChI=1S/C24H26N4O3S/c1-31-19-9-7-17(8-10-19)11-13-26-22(29)16-32-23-20-5-2-6-21(20)28(24(30)27-23)15-18-4-3-12-25-14-18/h3-4,7-10,12,14H,2,5-6,11,13,15-16H2,1H3,(H,26,29). The molecule has 0 unspecified atom stereocenters. The van der Waals surface area contributed by atoms with Crippen molar-refractivity contribution in [2.24, 2.45) is 0 Å². The van der Waals surface area contributed by atoms with Crippen molar-refractivity contribution in [3.63, 3.8) is 0 Å². The van der Waals surface area contributed by atoms with Crippen molar-refractivity contribution in [1.29, 1.82) is 0 Å². The fraction of sp³-hybridized carbons (Fsp3) is 0.333. The first-order valence-electron chi connectivity index (χ1n) is 10.7. The molecule has 1 amide bonds. The first kappa shape index (κ1) is 22.1. The number of ether oxygens (including phenoxy) is 1. The van der Waals surface area contributed by atoms with E-state index in [0.717, 1.165) is 53.8 Å². The van der Waals surface area contributed by atoms with E-state index in [4.69, 9.17) is 4.74 Å². The zero-order valence-corrected chi connectivity index (χ0v) is 18.9. The normalized spacial score (nSPS) is 12.4. The van der Waals surface area contributed by atoms with Crippen molar-refractivity contribution in [3.8, 4) is 5.75 Å². The van der Waals surface area contributed by atoms with Crippen LogP contribution in [-0.2, 0) is 30.6 Å². The van der Waals surface area contributed by atoms with Gasteiger partial charge in [0.1, 0.15) is 10.8 Å². The SMILES string of the molecule is COc1ccc(CCNC(=O)CSc2nc(=O)n(Cc3cccnc3)c3c2CCC3)cc1. The van der Waals surface area contributed by atoms with E-state index in [1.807, 2.05) is 36.4 Å². The summed E-state index contributed by atoms with van der Waals surface area (Å²) in [5.74, 6) is 1.00. The summed E-state index contributed by atoms with van der Waals surface area (Å²) in [6.45, 7) is 1.03. The number of thioether (sulfide) groups is 1. The summed E-state index contributed by atoms with van der Waals surface area (Å²) in [7, 11) is 1.64. The average molecular weight is 451 g/mol. The van der Waals surface area contributed by atoms with Gasteiger partial charge in [0.05, 0.1) is 19.4 Å². The highest BCUT2D eigenvalue weighted by Crippen LogP contribution is 2.29. The summed E-state index contributed by atoms with van der Waals surface area (Å²) in [5, 5.41) is 3.64. The van der Waals surface area contributed by atoms with Crippen LogP contribution in [0, 0.1) is 0 Å².